The van der Waals surface area contributed by atoms with Crippen LogP contribution in [0.15, 0.2) is 24.3 Å². The van der Waals surface area contributed by atoms with Gasteiger partial charge in [-0.2, -0.15) is 0 Å². The van der Waals surface area contributed by atoms with Gasteiger partial charge in [0.2, 0.25) is 0 Å². The lowest BCUT2D eigenvalue weighted by Gasteiger charge is -2.36. The van der Waals surface area contributed by atoms with Gasteiger partial charge in [0, 0.05) is 18.8 Å². The van der Waals surface area contributed by atoms with Crippen molar-refractivity contribution >= 4 is 5.91 Å². The van der Waals surface area contributed by atoms with Crippen molar-refractivity contribution in [2.75, 3.05) is 19.8 Å². The molecule has 1 saturated heterocycles. The number of amides is 1. The lowest BCUT2D eigenvalue weighted by molar-refractivity contribution is 0.0125. The summed E-state index contributed by atoms with van der Waals surface area (Å²) in [6, 6.07) is 6.77. The Kier molecular flexibility index (Phi) is 4.52. The molecule has 0 saturated carbocycles. The maximum atomic E-state index is 12.2. The minimum atomic E-state index is -0.578. The SMILES string of the molecule is O=C(NC1(CO)CCOCC1)c1ccc(CO)cc1. The summed E-state index contributed by atoms with van der Waals surface area (Å²) in [5.41, 5.74) is 0.710. The Morgan fingerprint density at radius 1 is 1.21 bits per heavy atom. The van der Waals surface area contributed by atoms with Crippen molar-refractivity contribution < 1.29 is 19.7 Å². The molecule has 5 heteroatoms. The molecule has 0 aliphatic carbocycles. The Labute approximate surface area is 112 Å². The second kappa shape index (κ2) is 6.14. The van der Waals surface area contributed by atoms with Gasteiger partial charge in [-0.05, 0) is 30.5 Å². The number of carbonyl (C=O) groups excluding carboxylic acids is 1. The van der Waals surface area contributed by atoms with E-state index >= 15 is 0 Å². The van der Waals surface area contributed by atoms with E-state index in [0.717, 1.165) is 5.56 Å². The molecule has 2 rings (SSSR count). The van der Waals surface area contributed by atoms with E-state index in [9.17, 15) is 9.90 Å². The number of ether oxygens (including phenoxy) is 1. The summed E-state index contributed by atoms with van der Waals surface area (Å²) in [6.45, 7) is 0.964. The summed E-state index contributed by atoms with van der Waals surface area (Å²) >= 11 is 0. The third kappa shape index (κ3) is 3.32. The second-order valence-electron chi connectivity index (χ2n) is 4.86. The summed E-state index contributed by atoms with van der Waals surface area (Å²) < 4.78 is 5.25. The molecule has 104 valence electrons. The monoisotopic (exact) mass is 265 g/mol. The molecule has 1 aliphatic heterocycles. The summed E-state index contributed by atoms with van der Waals surface area (Å²) in [7, 11) is 0. The second-order valence-corrected chi connectivity index (χ2v) is 4.86. The lowest BCUT2D eigenvalue weighted by Crippen LogP contribution is -2.54. The van der Waals surface area contributed by atoms with E-state index in [1.807, 2.05) is 0 Å². The van der Waals surface area contributed by atoms with Gasteiger partial charge in [0.25, 0.3) is 5.91 Å². The zero-order chi connectivity index (χ0) is 13.7. The van der Waals surface area contributed by atoms with Gasteiger partial charge in [0.05, 0.1) is 18.8 Å². The van der Waals surface area contributed by atoms with Gasteiger partial charge in [0.1, 0.15) is 0 Å². The fourth-order valence-electron chi connectivity index (χ4n) is 2.16. The van der Waals surface area contributed by atoms with Crippen LogP contribution in [-0.2, 0) is 11.3 Å². The molecule has 1 amide bonds. The van der Waals surface area contributed by atoms with Crippen molar-refractivity contribution in [3.05, 3.63) is 35.4 Å². The van der Waals surface area contributed by atoms with E-state index in [2.05, 4.69) is 5.32 Å². The van der Waals surface area contributed by atoms with Crippen molar-refractivity contribution in [2.24, 2.45) is 0 Å². The molecule has 19 heavy (non-hydrogen) atoms. The summed E-state index contributed by atoms with van der Waals surface area (Å²) in [5.74, 6) is -0.208. The van der Waals surface area contributed by atoms with Crippen molar-refractivity contribution in [2.45, 2.75) is 25.0 Å². The zero-order valence-corrected chi connectivity index (χ0v) is 10.8. The van der Waals surface area contributed by atoms with E-state index in [-0.39, 0.29) is 19.1 Å². The normalized spacial score (nSPS) is 18.0. The van der Waals surface area contributed by atoms with E-state index in [1.54, 1.807) is 24.3 Å². The topological polar surface area (TPSA) is 78.8 Å². The van der Waals surface area contributed by atoms with Gasteiger partial charge in [0.15, 0.2) is 0 Å². The molecule has 1 heterocycles. The van der Waals surface area contributed by atoms with Crippen molar-refractivity contribution in [3.8, 4) is 0 Å². The van der Waals surface area contributed by atoms with Crippen LogP contribution in [-0.4, -0.2) is 41.5 Å². The number of aliphatic hydroxyl groups excluding tert-OH is 2. The zero-order valence-electron chi connectivity index (χ0n) is 10.8. The maximum Gasteiger partial charge on any atom is 0.251 e. The number of benzene rings is 1. The van der Waals surface area contributed by atoms with Crippen LogP contribution in [0.5, 0.6) is 0 Å². The molecule has 0 radical (unpaired) electrons. The van der Waals surface area contributed by atoms with Gasteiger partial charge >= 0.3 is 0 Å². The summed E-state index contributed by atoms with van der Waals surface area (Å²) in [5, 5.41) is 21.4. The van der Waals surface area contributed by atoms with Gasteiger partial charge < -0.3 is 20.3 Å². The van der Waals surface area contributed by atoms with E-state index in [0.29, 0.717) is 31.6 Å². The highest BCUT2D eigenvalue weighted by atomic mass is 16.5. The highest BCUT2D eigenvalue weighted by molar-refractivity contribution is 5.94. The van der Waals surface area contributed by atoms with Crippen LogP contribution in [0.4, 0.5) is 0 Å². The average molecular weight is 265 g/mol. The molecule has 1 aromatic rings. The fourth-order valence-corrected chi connectivity index (χ4v) is 2.16. The smallest absolute Gasteiger partial charge is 0.251 e. The van der Waals surface area contributed by atoms with Crippen LogP contribution in [0.1, 0.15) is 28.8 Å². The fraction of sp³-hybridized carbons (Fsp3) is 0.500. The Bertz CT molecular complexity index is 424. The van der Waals surface area contributed by atoms with Crippen molar-refractivity contribution in [1.29, 1.82) is 0 Å². The van der Waals surface area contributed by atoms with Gasteiger partial charge in [-0.1, -0.05) is 12.1 Å². The Morgan fingerprint density at radius 3 is 2.37 bits per heavy atom. The van der Waals surface area contributed by atoms with Crippen LogP contribution in [0, 0.1) is 0 Å². The minimum Gasteiger partial charge on any atom is -0.394 e. The number of nitrogens with one attached hydrogen (secondary N) is 1. The highest BCUT2D eigenvalue weighted by Gasteiger charge is 2.33. The Balaban J connectivity index is 2.06. The first-order valence-corrected chi connectivity index (χ1v) is 6.40. The summed E-state index contributed by atoms with van der Waals surface area (Å²) in [6.07, 6.45) is 1.23. The third-order valence-electron chi connectivity index (χ3n) is 3.53. The lowest BCUT2D eigenvalue weighted by atomic mass is 9.90. The number of rotatable bonds is 4. The Hall–Kier alpha value is -1.43. The van der Waals surface area contributed by atoms with Gasteiger partial charge in [-0.25, -0.2) is 0 Å². The first-order chi connectivity index (χ1) is 9.19. The molecule has 1 aromatic carbocycles. The number of aliphatic hydroxyl groups is 2. The predicted octanol–water partition coefficient (Wildman–Crippen LogP) is 0.450. The highest BCUT2D eigenvalue weighted by Crippen LogP contribution is 2.20. The van der Waals surface area contributed by atoms with Crippen LogP contribution >= 0.6 is 0 Å². The van der Waals surface area contributed by atoms with Gasteiger partial charge in [-0.3, -0.25) is 4.79 Å². The first kappa shape index (κ1) is 14.0. The van der Waals surface area contributed by atoms with Crippen LogP contribution in [0.2, 0.25) is 0 Å². The minimum absolute atomic E-state index is 0.0418. The van der Waals surface area contributed by atoms with Crippen LogP contribution in [0.3, 0.4) is 0 Å². The molecule has 0 spiro atoms. The van der Waals surface area contributed by atoms with Crippen molar-refractivity contribution in [1.82, 2.24) is 5.32 Å². The molecule has 0 aromatic heterocycles. The number of hydrogen-bond acceptors (Lipinski definition) is 4. The molecular weight excluding hydrogens is 246 g/mol. The molecule has 1 fully saturated rings. The van der Waals surface area contributed by atoms with E-state index < -0.39 is 5.54 Å². The molecule has 5 nitrogen and oxygen atoms in total. The Morgan fingerprint density at radius 2 is 1.84 bits per heavy atom. The molecule has 0 unspecified atom stereocenters. The molecular formula is C14H19NO4. The first-order valence-electron chi connectivity index (χ1n) is 6.40. The third-order valence-corrected chi connectivity index (χ3v) is 3.53. The van der Waals surface area contributed by atoms with Crippen LogP contribution < -0.4 is 5.32 Å². The molecule has 3 N–H and O–H groups in total. The number of hydrogen-bond donors (Lipinski definition) is 3. The van der Waals surface area contributed by atoms with E-state index in [1.165, 1.54) is 0 Å². The maximum absolute atomic E-state index is 12.2. The van der Waals surface area contributed by atoms with Crippen LogP contribution in [0.25, 0.3) is 0 Å². The van der Waals surface area contributed by atoms with E-state index in [4.69, 9.17) is 9.84 Å². The predicted molar refractivity (Wildman–Crippen MR) is 69.7 cm³/mol. The molecule has 0 atom stereocenters. The van der Waals surface area contributed by atoms with Crippen molar-refractivity contribution in [3.63, 3.8) is 0 Å². The summed E-state index contributed by atoms with van der Waals surface area (Å²) in [4.78, 5) is 12.2. The number of carbonyl (C=O) groups is 1. The standard InChI is InChI=1S/C14H19NO4/c16-9-11-1-3-12(4-2-11)13(18)15-14(10-17)5-7-19-8-6-14/h1-4,16-17H,5-10H2,(H,15,18). The molecule has 1 aliphatic rings. The largest absolute Gasteiger partial charge is 0.394 e. The quantitative estimate of drug-likeness (QED) is 0.738. The average Bonchev–Trinajstić information content (AvgIpc) is 2.48. The van der Waals surface area contributed by atoms with Gasteiger partial charge in [-0.15, -0.1) is 0 Å². The molecule has 0 bridgehead atoms.